The highest BCUT2D eigenvalue weighted by atomic mass is 16.4. The molecule has 134 valence electrons. The van der Waals surface area contributed by atoms with Crippen molar-refractivity contribution in [2.24, 2.45) is 11.8 Å². The van der Waals surface area contributed by atoms with E-state index in [1.165, 1.54) is 11.3 Å². The molecule has 1 aliphatic carbocycles. The standard InChI is InChI=1S/C20H26N2O3/c1-14-12-17(18(20(24)25)13-15(14)2)19(23)22-10-8-21(9-11-22)16-6-4-3-5-7-16/h3-7,17-18H,8-13H2,1-2H3,(H,24,25). The monoisotopic (exact) mass is 342 g/mol. The van der Waals surface area contributed by atoms with Gasteiger partial charge in [-0.1, -0.05) is 29.3 Å². The Bertz CT molecular complexity index is 675. The Labute approximate surface area is 148 Å². The first kappa shape index (κ1) is 17.5. The fourth-order valence-corrected chi connectivity index (χ4v) is 3.87. The summed E-state index contributed by atoms with van der Waals surface area (Å²) < 4.78 is 0. The number of amides is 1. The number of carboxylic acid groups (broad SMARTS) is 1. The van der Waals surface area contributed by atoms with Gasteiger partial charge in [0, 0.05) is 31.9 Å². The Kier molecular flexibility index (Phi) is 5.11. The molecule has 0 radical (unpaired) electrons. The number of carbonyl (C=O) groups is 2. The molecule has 1 saturated heterocycles. The van der Waals surface area contributed by atoms with Gasteiger partial charge in [0.15, 0.2) is 0 Å². The largest absolute Gasteiger partial charge is 0.481 e. The number of hydrogen-bond donors (Lipinski definition) is 1. The van der Waals surface area contributed by atoms with Crippen molar-refractivity contribution in [3.63, 3.8) is 0 Å². The van der Waals surface area contributed by atoms with E-state index in [2.05, 4.69) is 17.0 Å². The van der Waals surface area contributed by atoms with Crippen LogP contribution in [0.15, 0.2) is 41.5 Å². The maximum atomic E-state index is 13.0. The molecule has 0 aromatic heterocycles. The number of anilines is 1. The van der Waals surface area contributed by atoms with Gasteiger partial charge in [-0.2, -0.15) is 0 Å². The predicted molar refractivity (Wildman–Crippen MR) is 97.5 cm³/mol. The molecule has 1 heterocycles. The summed E-state index contributed by atoms with van der Waals surface area (Å²) in [7, 11) is 0. The summed E-state index contributed by atoms with van der Waals surface area (Å²) in [5, 5.41) is 9.55. The van der Waals surface area contributed by atoms with Crippen molar-refractivity contribution in [2.75, 3.05) is 31.1 Å². The van der Waals surface area contributed by atoms with E-state index in [9.17, 15) is 14.7 Å². The Hall–Kier alpha value is -2.30. The summed E-state index contributed by atoms with van der Waals surface area (Å²) in [5.41, 5.74) is 3.45. The maximum Gasteiger partial charge on any atom is 0.307 e. The molecular weight excluding hydrogens is 316 g/mol. The van der Waals surface area contributed by atoms with Crippen LogP contribution >= 0.6 is 0 Å². The minimum absolute atomic E-state index is 0.00645. The third kappa shape index (κ3) is 3.70. The van der Waals surface area contributed by atoms with Gasteiger partial charge in [0.1, 0.15) is 0 Å². The lowest BCUT2D eigenvalue weighted by molar-refractivity contribution is -0.151. The zero-order valence-electron chi connectivity index (χ0n) is 14.9. The Morgan fingerprint density at radius 3 is 2.04 bits per heavy atom. The number of piperazine rings is 1. The lowest BCUT2D eigenvalue weighted by Gasteiger charge is -2.39. The topological polar surface area (TPSA) is 60.9 Å². The first-order chi connectivity index (χ1) is 12.0. The molecule has 0 spiro atoms. The molecule has 0 saturated carbocycles. The number of nitrogens with zero attached hydrogens (tertiary/aromatic N) is 2. The van der Waals surface area contributed by atoms with E-state index in [0.29, 0.717) is 25.9 Å². The summed E-state index contributed by atoms with van der Waals surface area (Å²) >= 11 is 0. The van der Waals surface area contributed by atoms with Crippen LogP contribution in [0.4, 0.5) is 5.69 Å². The molecular formula is C20H26N2O3. The van der Waals surface area contributed by atoms with Gasteiger partial charge >= 0.3 is 5.97 Å². The van der Waals surface area contributed by atoms with Crippen molar-refractivity contribution in [1.82, 2.24) is 4.90 Å². The smallest absolute Gasteiger partial charge is 0.307 e. The van der Waals surface area contributed by atoms with Gasteiger partial charge < -0.3 is 14.9 Å². The molecule has 1 aromatic rings. The number of aliphatic carboxylic acids is 1. The van der Waals surface area contributed by atoms with Gasteiger partial charge in [0.2, 0.25) is 5.91 Å². The molecule has 1 amide bonds. The van der Waals surface area contributed by atoms with Crippen LogP contribution in [0.25, 0.3) is 0 Å². The van der Waals surface area contributed by atoms with Crippen molar-refractivity contribution in [1.29, 1.82) is 0 Å². The Morgan fingerprint density at radius 2 is 1.48 bits per heavy atom. The SMILES string of the molecule is CC1=C(C)CC(C(=O)N2CCN(c3ccccc3)CC2)C(C(=O)O)C1. The molecule has 2 unspecified atom stereocenters. The fourth-order valence-electron chi connectivity index (χ4n) is 3.87. The normalized spacial score (nSPS) is 24.4. The molecule has 1 aromatic carbocycles. The quantitative estimate of drug-likeness (QED) is 0.858. The highest BCUT2D eigenvalue weighted by molar-refractivity contribution is 5.86. The number of carbonyl (C=O) groups excluding carboxylic acids is 1. The summed E-state index contributed by atoms with van der Waals surface area (Å²) in [6.07, 6.45) is 1.06. The first-order valence-corrected chi connectivity index (χ1v) is 8.94. The summed E-state index contributed by atoms with van der Waals surface area (Å²) in [6.45, 7) is 6.87. The second kappa shape index (κ2) is 7.30. The van der Waals surface area contributed by atoms with Crippen LogP contribution < -0.4 is 4.90 Å². The number of para-hydroxylation sites is 1. The van der Waals surface area contributed by atoms with Crippen LogP contribution in [0.1, 0.15) is 26.7 Å². The van der Waals surface area contributed by atoms with E-state index < -0.39 is 17.8 Å². The van der Waals surface area contributed by atoms with E-state index in [1.54, 1.807) is 0 Å². The summed E-state index contributed by atoms with van der Waals surface area (Å²) in [6, 6.07) is 10.2. The molecule has 2 atom stereocenters. The highest BCUT2D eigenvalue weighted by Gasteiger charge is 2.39. The summed E-state index contributed by atoms with van der Waals surface area (Å²) in [5.74, 6) is -1.87. The lowest BCUT2D eigenvalue weighted by atomic mass is 9.76. The van der Waals surface area contributed by atoms with Crippen LogP contribution in [0, 0.1) is 11.8 Å². The van der Waals surface area contributed by atoms with Crippen molar-refractivity contribution >= 4 is 17.6 Å². The molecule has 5 heteroatoms. The van der Waals surface area contributed by atoms with Crippen molar-refractivity contribution in [2.45, 2.75) is 26.7 Å². The van der Waals surface area contributed by atoms with E-state index in [4.69, 9.17) is 0 Å². The van der Waals surface area contributed by atoms with Gasteiger partial charge in [0.05, 0.1) is 11.8 Å². The molecule has 0 bridgehead atoms. The first-order valence-electron chi connectivity index (χ1n) is 8.94. The molecule has 25 heavy (non-hydrogen) atoms. The van der Waals surface area contributed by atoms with Crippen LogP contribution in [0.5, 0.6) is 0 Å². The van der Waals surface area contributed by atoms with Crippen LogP contribution in [0.3, 0.4) is 0 Å². The number of allylic oxidation sites excluding steroid dienone is 2. The zero-order chi connectivity index (χ0) is 18.0. The molecule has 1 N–H and O–H groups in total. The van der Waals surface area contributed by atoms with Crippen LogP contribution in [-0.2, 0) is 9.59 Å². The Morgan fingerprint density at radius 1 is 0.920 bits per heavy atom. The molecule has 1 fully saturated rings. The van der Waals surface area contributed by atoms with Crippen LogP contribution in [0.2, 0.25) is 0 Å². The van der Waals surface area contributed by atoms with E-state index >= 15 is 0 Å². The number of hydrogen-bond acceptors (Lipinski definition) is 3. The third-order valence-corrected chi connectivity index (χ3v) is 5.61. The Balaban J connectivity index is 1.66. The van der Waals surface area contributed by atoms with Gasteiger partial charge in [-0.3, -0.25) is 9.59 Å². The number of carboxylic acids is 1. The fraction of sp³-hybridized carbons (Fsp3) is 0.500. The minimum atomic E-state index is -0.854. The third-order valence-electron chi connectivity index (χ3n) is 5.61. The maximum absolute atomic E-state index is 13.0. The predicted octanol–water partition coefficient (Wildman–Crippen LogP) is 2.78. The second-order valence-corrected chi connectivity index (χ2v) is 7.17. The second-order valence-electron chi connectivity index (χ2n) is 7.17. The number of benzene rings is 1. The van der Waals surface area contributed by atoms with Gasteiger partial charge in [-0.15, -0.1) is 0 Å². The molecule has 3 rings (SSSR count). The van der Waals surface area contributed by atoms with Gasteiger partial charge in [-0.05, 0) is 38.8 Å². The lowest BCUT2D eigenvalue weighted by Crippen LogP contribution is -2.52. The average Bonchev–Trinajstić information content (AvgIpc) is 2.63. The van der Waals surface area contributed by atoms with E-state index in [1.807, 2.05) is 36.9 Å². The zero-order valence-corrected chi connectivity index (χ0v) is 14.9. The molecule has 5 nitrogen and oxygen atoms in total. The van der Waals surface area contributed by atoms with Crippen molar-refractivity contribution in [3.05, 3.63) is 41.5 Å². The van der Waals surface area contributed by atoms with E-state index in [-0.39, 0.29) is 5.91 Å². The van der Waals surface area contributed by atoms with Gasteiger partial charge in [0.25, 0.3) is 0 Å². The van der Waals surface area contributed by atoms with Gasteiger partial charge in [-0.25, -0.2) is 0 Å². The average molecular weight is 342 g/mol. The van der Waals surface area contributed by atoms with Crippen LogP contribution in [-0.4, -0.2) is 48.1 Å². The summed E-state index contributed by atoms with van der Waals surface area (Å²) in [4.78, 5) is 28.8. The van der Waals surface area contributed by atoms with E-state index in [0.717, 1.165) is 18.7 Å². The molecule has 2 aliphatic rings. The number of rotatable bonds is 3. The molecule has 1 aliphatic heterocycles. The van der Waals surface area contributed by atoms with Crippen molar-refractivity contribution < 1.29 is 14.7 Å². The van der Waals surface area contributed by atoms with Crippen molar-refractivity contribution in [3.8, 4) is 0 Å². The highest BCUT2D eigenvalue weighted by Crippen LogP contribution is 2.35. The minimum Gasteiger partial charge on any atom is -0.481 e.